The lowest BCUT2D eigenvalue weighted by molar-refractivity contribution is -0.123. The van der Waals surface area contributed by atoms with Crippen LogP contribution >= 0.6 is 24.0 Å². The highest BCUT2D eigenvalue weighted by atomic mass is 32.2. The highest BCUT2D eigenvalue weighted by Gasteiger charge is 2.33. The van der Waals surface area contributed by atoms with Crippen molar-refractivity contribution in [3.05, 3.63) is 58.0 Å². The van der Waals surface area contributed by atoms with Gasteiger partial charge in [-0.25, -0.2) is 0 Å². The van der Waals surface area contributed by atoms with Crippen LogP contribution in [0, 0.1) is 13.8 Å². The zero-order valence-corrected chi connectivity index (χ0v) is 20.4. The monoisotopic (exact) mass is 470 g/mol. The van der Waals surface area contributed by atoms with Crippen LogP contribution in [0.3, 0.4) is 0 Å². The Morgan fingerprint density at radius 2 is 1.84 bits per heavy atom. The van der Waals surface area contributed by atoms with Crippen LogP contribution < -0.4 is 14.8 Å². The Morgan fingerprint density at radius 1 is 1.16 bits per heavy atom. The molecule has 0 aromatic heterocycles. The van der Waals surface area contributed by atoms with E-state index in [9.17, 15) is 9.59 Å². The molecule has 0 atom stereocenters. The van der Waals surface area contributed by atoms with Gasteiger partial charge in [0.2, 0.25) is 0 Å². The van der Waals surface area contributed by atoms with Crippen molar-refractivity contribution in [1.29, 1.82) is 0 Å². The predicted molar refractivity (Wildman–Crippen MR) is 133 cm³/mol. The second kappa shape index (κ2) is 10.2. The maximum absolute atomic E-state index is 12.6. The van der Waals surface area contributed by atoms with E-state index in [1.807, 2.05) is 52.0 Å². The minimum atomic E-state index is -0.265. The number of nitrogens with one attached hydrogen (secondary N) is 1. The van der Waals surface area contributed by atoms with Gasteiger partial charge in [-0.2, -0.15) is 0 Å². The Kier molecular flexibility index (Phi) is 7.58. The van der Waals surface area contributed by atoms with Crippen LogP contribution in [-0.4, -0.2) is 40.8 Å². The molecule has 0 spiro atoms. The lowest BCUT2D eigenvalue weighted by Gasteiger charge is -2.18. The van der Waals surface area contributed by atoms with Crippen molar-refractivity contribution >= 4 is 51.9 Å². The second-order valence-corrected chi connectivity index (χ2v) is 9.44. The van der Waals surface area contributed by atoms with E-state index in [4.69, 9.17) is 21.7 Å². The van der Waals surface area contributed by atoms with Gasteiger partial charge < -0.3 is 14.8 Å². The molecule has 1 aliphatic heterocycles. The van der Waals surface area contributed by atoms with E-state index < -0.39 is 0 Å². The molecule has 0 radical (unpaired) electrons. The fourth-order valence-corrected chi connectivity index (χ4v) is 4.88. The molecular formula is C24H26N2O4S2. The number of hydrogen-bond donors (Lipinski definition) is 1. The van der Waals surface area contributed by atoms with Crippen molar-refractivity contribution in [2.24, 2.45) is 0 Å². The summed E-state index contributed by atoms with van der Waals surface area (Å²) in [7, 11) is 1.53. The van der Waals surface area contributed by atoms with E-state index in [2.05, 4.69) is 5.32 Å². The lowest BCUT2D eigenvalue weighted by atomic mass is 10.1. The average molecular weight is 471 g/mol. The maximum Gasteiger partial charge on any atom is 0.266 e. The Bertz CT molecular complexity index is 1080. The minimum absolute atomic E-state index is 0.00794. The molecule has 1 heterocycles. The molecule has 2 amide bonds. The van der Waals surface area contributed by atoms with Gasteiger partial charge in [0.05, 0.1) is 12.0 Å². The number of hydrogen-bond acceptors (Lipinski definition) is 6. The fourth-order valence-electron chi connectivity index (χ4n) is 3.36. The molecule has 8 heteroatoms. The van der Waals surface area contributed by atoms with E-state index in [0.29, 0.717) is 20.7 Å². The summed E-state index contributed by atoms with van der Waals surface area (Å²) >= 11 is 6.60. The van der Waals surface area contributed by atoms with Crippen LogP contribution in [0.2, 0.25) is 0 Å². The minimum Gasteiger partial charge on any atom is -0.493 e. The zero-order valence-electron chi connectivity index (χ0n) is 18.7. The van der Waals surface area contributed by atoms with Gasteiger partial charge in [-0.15, -0.1) is 0 Å². The molecule has 0 aliphatic carbocycles. The smallest absolute Gasteiger partial charge is 0.266 e. The molecule has 6 nitrogen and oxygen atoms in total. The summed E-state index contributed by atoms with van der Waals surface area (Å²) in [4.78, 5) is 27.1. The third kappa shape index (κ3) is 5.69. The first-order chi connectivity index (χ1) is 15.2. The molecule has 1 fully saturated rings. The predicted octanol–water partition coefficient (Wildman–Crippen LogP) is 4.94. The van der Waals surface area contributed by atoms with Gasteiger partial charge in [-0.05, 0) is 74.7 Å². The first-order valence-corrected chi connectivity index (χ1v) is 11.4. The van der Waals surface area contributed by atoms with Crippen molar-refractivity contribution in [2.75, 3.05) is 19.0 Å². The maximum atomic E-state index is 12.6. The summed E-state index contributed by atoms with van der Waals surface area (Å²) in [5, 5.41) is 2.84. The van der Waals surface area contributed by atoms with Crippen LogP contribution in [0.15, 0.2) is 41.3 Å². The summed E-state index contributed by atoms with van der Waals surface area (Å²) in [6, 6.07) is 11.1. The second-order valence-electron chi connectivity index (χ2n) is 7.77. The van der Waals surface area contributed by atoms with E-state index in [-0.39, 0.29) is 24.5 Å². The number of benzene rings is 2. The molecule has 1 aliphatic rings. The molecule has 0 saturated carbocycles. The number of rotatable bonds is 7. The number of ether oxygens (including phenoxy) is 2. The molecule has 32 heavy (non-hydrogen) atoms. The summed E-state index contributed by atoms with van der Waals surface area (Å²) < 4.78 is 11.7. The van der Waals surface area contributed by atoms with Crippen LogP contribution in [0.1, 0.15) is 30.5 Å². The highest BCUT2D eigenvalue weighted by Crippen LogP contribution is 2.35. The van der Waals surface area contributed by atoms with E-state index in [1.165, 1.54) is 18.9 Å². The molecule has 1 N–H and O–H groups in total. The van der Waals surface area contributed by atoms with Gasteiger partial charge in [-0.3, -0.25) is 14.5 Å². The largest absolute Gasteiger partial charge is 0.493 e. The molecule has 1 saturated heterocycles. The molecule has 0 bridgehead atoms. The number of amides is 2. The number of carbonyl (C=O) groups excluding carboxylic acids is 2. The number of thioether (sulfide) groups is 1. The van der Waals surface area contributed by atoms with Crippen molar-refractivity contribution < 1.29 is 19.1 Å². The normalized spacial score (nSPS) is 14.9. The summed E-state index contributed by atoms with van der Waals surface area (Å²) in [5.74, 6) is 0.545. The van der Waals surface area contributed by atoms with E-state index >= 15 is 0 Å². The lowest BCUT2D eigenvalue weighted by Crippen LogP contribution is -2.34. The molecular weight excluding hydrogens is 444 g/mol. The van der Waals surface area contributed by atoms with Gasteiger partial charge in [-0.1, -0.05) is 36.1 Å². The third-order valence-electron chi connectivity index (χ3n) is 4.69. The number of anilines is 1. The highest BCUT2D eigenvalue weighted by molar-refractivity contribution is 8.26. The fraction of sp³-hybridized carbons (Fsp3) is 0.292. The number of carbonyl (C=O) groups is 2. The van der Waals surface area contributed by atoms with Gasteiger partial charge in [0, 0.05) is 11.7 Å². The number of thiocarbonyl (C=S) groups is 1. The van der Waals surface area contributed by atoms with Crippen LogP contribution in [0.4, 0.5) is 5.69 Å². The van der Waals surface area contributed by atoms with Crippen molar-refractivity contribution in [3.63, 3.8) is 0 Å². The summed E-state index contributed by atoms with van der Waals surface area (Å²) in [5.41, 5.74) is 3.66. The number of methoxy groups -OCH3 is 1. The summed E-state index contributed by atoms with van der Waals surface area (Å²) in [6.07, 6.45) is 1.78. The van der Waals surface area contributed by atoms with Crippen LogP contribution in [0.5, 0.6) is 11.5 Å². The first-order valence-electron chi connectivity index (χ1n) is 10.1. The Morgan fingerprint density at radius 3 is 2.44 bits per heavy atom. The Hall–Kier alpha value is -2.84. The third-order valence-corrected chi connectivity index (χ3v) is 6.02. The van der Waals surface area contributed by atoms with Crippen molar-refractivity contribution in [1.82, 2.24) is 4.90 Å². The molecule has 0 unspecified atom stereocenters. The van der Waals surface area contributed by atoms with E-state index in [0.717, 1.165) is 22.4 Å². The molecule has 168 valence electrons. The SMILES string of the molecule is COc1cc(/C=C2\SC(=S)N(C(C)C)C2=O)ccc1OCC(=O)Nc1cc(C)cc(C)c1. The summed E-state index contributed by atoms with van der Waals surface area (Å²) in [6.45, 7) is 7.66. The number of nitrogens with zero attached hydrogens (tertiary/aromatic N) is 1. The van der Waals surface area contributed by atoms with Gasteiger partial charge in [0.15, 0.2) is 18.1 Å². The van der Waals surface area contributed by atoms with Gasteiger partial charge >= 0.3 is 0 Å². The molecule has 3 rings (SSSR count). The Balaban J connectivity index is 1.68. The topological polar surface area (TPSA) is 67.9 Å². The number of aryl methyl sites for hydroxylation is 2. The van der Waals surface area contributed by atoms with Crippen molar-refractivity contribution in [3.8, 4) is 11.5 Å². The van der Waals surface area contributed by atoms with E-state index in [1.54, 1.807) is 23.1 Å². The quantitative estimate of drug-likeness (QED) is 0.457. The average Bonchev–Trinajstić information content (AvgIpc) is 2.99. The first kappa shape index (κ1) is 23.8. The molecule has 2 aromatic carbocycles. The Labute approximate surface area is 198 Å². The van der Waals surface area contributed by atoms with Gasteiger partial charge in [0.1, 0.15) is 4.32 Å². The zero-order chi connectivity index (χ0) is 23.4. The van der Waals surface area contributed by atoms with Crippen LogP contribution in [-0.2, 0) is 9.59 Å². The standard InChI is InChI=1S/C24H26N2O4S2/c1-14(2)26-23(28)21(32-24(26)31)12-17-6-7-19(20(11-17)29-5)30-13-22(27)25-18-9-15(3)8-16(4)10-18/h6-12,14H,13H2,1-5H3,(H,25,27)/b21-12-. The molecule has 2 aromatic rings. The van der Waals surface area contributed by atoms with Gasteiger partial charge in [0.25, 0.3) is 11.8 Å². The van der Waals surface area contributed by atoms with Crippen LogP contribution in [0.25, 0.3) is 6.08 Å². The van der Waals surface area contributed by atoms with Crippen molar-refractivity contribution in [2.45, 2.75) is 33.7 Å².